The molecule has 104 valence electrons. The molecule has 0 aromatic carbocycles. The third-order valence-corrected chi connectivity index (χ3v) is 2.93. The summed E-state index contributed by atoms with van der Waals surface area (Å²) in [4.78, 5) is 26.7. The molecular formula is C12H24N4O2. The van der Waals surface area contributed by atoms with Crippen LogP contribution in [0.15, 0.2) is 0 Å². The summed E-state index contributed by atoms with van der Waals surface area (Å²) in [5.41, 5.74) is 10.6. The third kappa shape index (κ3) is 5.46. The van der Waals surface area contributed by atoms with Crippen LogP contribution >= 0.6 is 0 Å². The maximum atomic E-state index is 12.0. The van der Waals surface area contributed by atoms with Gasteiger partial charge in [-0.2, -0.15) is 0 Å². The van der Waals surface area contributed by atoms with Crippen LogP contribution < -0.4 is 11.5 Å². The fraction of sp³-hybridized carbons (Fsp3) is 0.833. The molecule has 4 N–H and O–H groups in total. The summed E-state index contributed by atoms with van der Waals surface area (Å²) in [6.07, 6.45) is 1.22. The molecule has 0 bridgehead atoms. The van der Waals surface area contributed by atoms with Crippen LogP contribution in [0, 0.1) is 0 Å². The molecule has 0 aliphatic carbocycles. The lowest BCUT2D eigenvalue weighted by atomic mass is 10.0. The number of amides is 2. The largest absolute Gasteiger partial charge is 0.369 e. The van der Waals surface area contributed by atoms with Crippen molar-refractivity contribution in [3.63, 3.8) is 0 Å². The van der Waals surface area contributed by atoms with Crippen molar-refractivity contribution in [1.29, 1.82) is 0 Å². The summed E-state index contributed by atoms with van der Waals surface area (Å²) in [5, 5.41) is 0. The zero-order chi connectivity index (χ0) is 13.8. The molecule has 6 heteroatoms. The number of rotatable bonds is 4. The van der Waals surface area contributed by atoms with Gasteiger partial charge in [0.25, 0.3) is 0 Å². The minimum absolute atomic E-state index is 0.0865. The number of carbonyl (C=O) groups is 2. The maximum absolute atomic E-state index is 12.0. The van der Waals surface area contributed by atoms with Crippen molar-refractivity contribution in [3.05, 3.63) is 0 Å². The molecule has 1 aliphatic heterocycles. The lowest BCUT2D eigenvalue weighted by Crippen LogP contribution is -2.43. The fourth-order valence-electron chi connectivity index (χ4n) is 2.10. The van der Waals surface area contributed by atoms with E-state index in [1.165, 1.54) is 0 Å². The van der Waals surface area contributed by atoms with Gasteiger partial charge in [0.05, 0.1) is 6.54 Å². The van der Waals surface area contributed by atoms with Gasteiger partial charge >= 0.3 is 0 Å². The first-order valence-electron chi connectivity index (χ1n) is 6.35. The second kappa shape index (κ2) is 6.15. The van der Waals surface area contributed by atoms with Crippen molar-refractivity contribution in [3.8, 4) is 0 Å². The Hall–Kier alpha value is -1.14. The highest BCUT2D eigenvalue weighted by molar-refractivity contribution is 5.77. The van der Waals surface area contributed by atoms with E-state index in [1.807, 2.05) is 23.6 Å². The van der Waals surface area contributed by atoms with E-state index in [1.54, 1.807) is 0 Å². The molecule has 0 aromatic heterocycles. The Labute approximate surface area is 108 Å². The van der Waals surface area contributed by atoms with E-state index < -0.39 is 5.54 Å². The first-order valence-corrected chi connectivity index (χ1v) is 6.35. The van der Waals surface area contributed by atoms with Crippen molar-refractivity contribution in [2.75, 3.05) is 32.7 Å². The summed E-state index contributed by atoms with van der Waals surface area (Å²) < 4.78 is 0. The molecule has 0 unspecified atom stereocenters. The molecule has 6 nitrogen and oxygen atoms in total. The van der Waals surface area contributed by atoms with E-state index >= 15 is 0 Å². The number of hydrogen-bond donors (Lipinski definition) is 2. The normalized spacial score (nSPS) is 18.5. The Bertz CT molecular complexity index is 312. The van der Waals surface area contributed by atoms with Gasteiger partial charge in [0.1, 0.15) is 0 Å². The average Bonchev–Trinajstić information content (AvgIpc) is 2.39. The van der Waals surface area contributed by atoms with Gasteiger partial charge in [-0.15, -0.1) is 0 Å². The monoisotopic (exact) mass is 256 g/mol. The van der Waals surface area contributed by atoms with Crippen LogP contribution in [0.4, 0.5) is 0 Å². The van der Waals surface area contributed by atoms with Crippen molar-refractivity contribution < 1.29 is 9.59 Å². The number of hydrogen-bond acceptors (Lipinski definition) is 4. The number of primary amides is 1. The van der Waals surface area contributed by atoms with Crippen LogP contribution in [-0.2, 0) is 9.59 Å². The number of nitrogens with two attached hydrogens (primary N) is 2. The second-order valence-electron chi connectivity index (χ2n) is 5.64. The third-order valence-electron chi connectivity index (χ3n) is 2.93. The quantitative estimate of drug-likeness (QED) is 0.684. The smallest absolute Gasteiger partial charge is 0.231 e. The molecule has 1 rings (SSSR count). The Morgan fingerprint density at radius 2 is 1.83 bits per heavy atom. The van der Waals surface area contributed by atoms with Crippen LogP contribution in [0.1, 0.15) is 26.7 Å². The second-order valence-corrected chi connectivity index (χ2v) is 5.64. The van der Waals surface area contributed by atoms with Crippen LogP contribution in [0.25, 0.3) is 0 Å². The van der Waals surface area contributed by atoms with Crippen molar-refractivity contribution in [2.24, 2.45) is 11.5 Å². The molecule has 0 atom stereocenters. The number of carbonyl (C=O) groups excluding carboxylic acids is 2. The molecule has 0 spiro atoms. The summed E-state index contributed by atoms with van der Waals surface area (Å²) in [7, 11) is 0. The van der Waals surface area contributed by atoms with Gasteiger partial charge in [0, 0.05) is 38.1 Å². The molecule has 0 aromatic rings. The summed E-state index contributed by atoms with van der Waals surface area (Å²) in [6, 6.07) is 0. The van der Waals surface area contributed by atoms with E-state index in [0.29, 0.717) is 19.5 Å². The Morgan fingerprint density at radius 1 is 1.17 bits per heavy atom. The van der Waals surface area contributed by atoms with E-state index in [2.05, 4.69) is 0 Å². The average molecular weight is 256 g/mol. The van der Waals surface area contributed by atoms with Crippen LogP contribution in [0.2, 0.25) is 0 Å². The summed E-state index contributed by atoms with van der Waals surface area (Å²) >= 11 is 0. The van der Waals surface area contributed by atoms with Gasteiger partial charge in [-0.25, -0.2) is 0 Å². The lowest BCUT2D eigenvalue weighted by Gasteiger charge is -2.25. The van der Waals surface area contributed by atoms with Gasteiger partial charge in [-0.1, -0.05) is 0 Å². The van der Waals surface area contributed by atoms with E-state index in [-0.39, 0.29) is 18.4 Å². The van der Waals surface area contributed by atoms with Crippen LogP contribution in [0.5, 0.6) is 0 Å². The molecule has 18 heavy (non-hydrogen) atoms. The molecule has 0 radical (unpaired) electrons. The Kier molecular flexibility index (Phi) is 5.10. The standard InChI is InChI=1S/C12H24N4O2/c1-12(2,14)8-11(18)16-5-3-4-15(6-7-16)9-10(13)17/h3-9,14H2,1-2H3,(H2,13,17). The van der Waals surface area contributed by atoms with Crippen LogP contribution in [0.3, 0.4) is 0 Å². The first kappa shape index (κ1) is 14.9. The highest BCUT2D eigenvalue weighted by Gasteiger charge is 2.23. The van der Waals surface area contributed by atoms with Gasteiger partial charge in [0.2, 0.25) is 11.8 Å². The van der Waals surface area contributed by atoms with Gasteiger partial charge < -0.3 is 16.4 Å². The molecule has 1 heterocycles. The predicted octanol–water partition coefficient (Wildman–Crippen LogP) is -0.867. The van der Waals surface area contributed by atoms with Gasteiger partial charge in [-0.3, -0.25) is 14.5 Å². The lowest BCUT2D eigenvalue weighted by molar-refractivity contribution is -0.132. The zero-order valence-electron chi connectivity index (χ0n) is 11.3. The number of nitrogens with zero attached hydrogens (tertiary/aromatic N) is 2. The molecule has 1 fully saturated rings. The Balaban J connectivity index is 2.46. The van der Waals surface area contributed by atoms with Crippen molar-refractivity contribution in [1.82, 2.24) is 9.80 Å². The molecule has 0 saturated carbocycles. The SMILES string of the molecule is CC(C)(N)CC(=O)N1CCCN(CC(N)=O)CC1. The molecule has 1 saturated heterocycles. The van der Waals surface area contributed by atoms with Crippen LogP contribution in [-0.4, -0.2) is 59.9 Å². The van der Waals surface area contributed by atoms with Gasteiger partial charge in [-0.05, 0) is 20.3 Å². The molecule has 2 amide bonds. The summed E-state index contributed by atoms with van der Waals surface area (Å²) in [5.74, 6) is -0.235. The molecule has 1 aliphatic rings. The minimum Gasteiger partial charge on any atom is -0.369 e. The van der Waals surface area contributed by atoms with Gasteiger partial charge in [0.15, 0.2) is 0 Å². The van der Waals surface area contributed by atoms with E-state index in [4.69, 9.17) is 11.5 Å². The van der Waals surface area contributed by atoms with E-state index in [0.717, 1.165) is 19.5 Å². The topological polar surface area (TPSA) is 92.7 Å². The summed E-state index contributed by atoms with van der Waals surface area (Å²) in [6.45, 7) is 6.83. The zero-order valence-corrected chi connectivity index (χ0v) is 11.3. The van der Waals surface area contributed by atoms with Crippen molar-refractivity contribution >= 4 is 11.8 Å². The predicted molar refractivity (Wildman–Crippen MR) is 69.7 cm³/mol. The van der Waals surface area contributed by atoms with Crippen molar-refractivity contribution in [2.45, 2.75) is 32.2 Å². The molecular weight excluding hydrogens is 232 g/mol. The first-order chi connectivity index (χ1) is 8.28. The minimum atomic E-state index is -0.476. The highest BCUT2D eigenvalue weighted by atomic mass is 16.2. The Morgan fingerprint density at radius 3 is 2.39 bits per heavy atom. The van der Waals surface area contributed by atoms with E-state index in [9.17, 15) is 9.59 Å². The fourth-order valence-corrected chi connectivity index (χ4v) is 2.10. The highest BCUT2D eigenvalue weighted by Crippen LogP contribution is 2.10. The maximum Gasteiger partial charge on any atom is 0.231 e.